The number of hydrogen-bond donors (Lipinski definition) is 1. The molecule has 0 aromatic carbocycles. The van der Waals surface area contributed by atoms with Crippen molar-refractivity contribution in [3.05, 3.63) is 0 Å². The molecule has 2 aliphatic carbocycles. The largest absolute Gasteiger partial charge is 0.384 e. The van der Waals surface area contributed by atoms with Crippen molar-refractivity contribution in [1.82, 2.24) is 4.90 Å². The fourth-order valence-corrected chi connectivity index (χ4v) is 4.32. The summed E-state index contributed by atoms with van der Waals surface area (Å²) >= 11 is 0. The Hall–Kier alpha value is -0.320. The Morgan fingerprint density at radius 3 is 2.68 bits per heavy atom. The van der Waals surface area contributed by atoms with Crippen molar-refractivity contribution in [2.75, 3.05) is 26.8 Å². The van der Waals surface area contributed by atoms with Gasteiger partial charge in [0.1, 0.15) is 0 Å². The van der Waals surface area contributed by atoms with E-state index in [-0.39, 0.29) is 24.4 Å². The van der Waals surface area contributed by atoms with Gasteiger partial charge in [0.2, 0.25) is 5.91 Å². The normalized spacial score (nSPS) is 40.5. The minimum Gasteiger partial charge on any atom is -0.384 e. The Morgan fingerprint density at radius 1 is 1.32 bits per heavy atom. The van der Waals surface area contributed by atoms with Gasteiger partial charge in [-0.25, -0.2) is 0 Å². The van der Waals surface area contributed by atoms with Gasteiger partial charge >= 0.3 is 0 Å². The fourth-order valence-electron chi connectivity index (χ4n) is 4.32. The molecule has 0 aromatic rings. The van der Waals surface area contributed by atoms with Crippen molar-refractivity contribution in [3.63, 3.8) is 0 Å². The van der Waals surface area contributed by atoms with Crippen molar-refractivity contribution < 1.29 is 9.53 Å². The molecular formula is C14H25ClN2O2. The van der Waals surface area contributed by atoms with Gasteiger partial charge in [0.15, 0.2) is 0 Å². The Kier molecular flexibility index (Phi) is 4.75. The summed E-state index contributed by atoms with van der Waals surface area (Å²) in [5.74, 6) is 2.15. The van der Waals surface area contributed by atoms with Gasteiger partial charge in [0, 0.05) is 32.2 Å². The first kappa shape index (κ1) is 15.1. The quantitative estimate of drug-likeness (QED) is 0.851. The van der Waals surface area contributed by atoms with E-state index in [2.05, 4.69) is 0 Å². The van der Waals surface area contributed by atoms with Crippen molar-refractivity contribution in [2.45, 2.75) is 31.7 Å². The highest BCUT2D eigenvalue weighted by Crippen LogP contribution is 2.48. The van der Waals surface area contributed by atoms with E-state index in [1.54, 1.807) is 7.11 Å². The molecule has 5 atom stereocenters. The molecule has 1 aliphatic heterocycles. The Bertz CT molecular complexity index is 337. The monoisotopic (exact) mass is 288 g/mol. The van der Waals surface area contributed by atoms with Crippen LogP contribution in [0.3, 0.4) is 0 Å². The molecule has 2 N–H and O–H groups in total. The average Bonchev–Trinajstić information content (AvgIpc) is 3.03. The average molecular weight is 289 g/mol. The lowest BCUT2D eigenvalue weighted by molar-refractivity contribution is -0.136. The first-order valence-corrected chi connectivity index (χ1v) is 7.24. The predicted molar refractivity (Wildman–Crippen MR) is 76.1 cm³/mol. The van der Waals surface area contributed by atoms with Crippen LogP contribution >= 0.6 is 12.4 Å². The molecule has 1 amide bonds. The van der Waals surface area contributed by atoms with E-state index in [4.69, 9.17) is 10.5 Å². The molecule has 19 heavy (non-hydrogen) atoms. The first-order chi connectivity index (χ1) is 8.70. The number of methoxy groups -OCH3 is 1. The highest BCUT2D eigenvalue weighted by Gasteiger charge is 2.50. The van der Waals surface area contributed by atoms with Crippen LogP contribution in [0.15, 0.2) is 0 Å². The van der Waals surface area contributed by atoms with Gasteiger partial charge in [-0.15, -0.1) is 12.4 Å². The summed E-state index contributed by atoms with van der Waals surface area (Å²) in [7, 11) is 1.73. The maximum absolute atomic E-state index is 12.6. The number of ether oxygens (including phenoxy) is 1. The van der Waals surface area contributed by atoms with E-state index in [1.165, 1.54) is 19.3 Å². The van der Waals surface area contributed by atoms with Crippen LogP contribution in [-0.4, -0.2) is 43.7 Å². The van der Waals surface area contributed by atoms with E-state index in [9.17, 15) is 4.79 Å². The number of nitrogens with zero attached hydrogens (tertiary/aromatic N) is 1. The second kappa shape index (κ2) is 5.98. The minimum absolute atomic E-state index is 0. The Labute approximate surface area is 121 Å². The number of amides is 1. The van der Waals surface area contributed by atoms with Crippen LogP contribution in [0, 0.1) is 23.7 Å². The van der Waals surface area contributed by atoms with Gasteiger partial charge in [0.25, 0.3) is 0 Å². The number of rotatable bonds is 3. The van der Waals surface area contributed by atoms with Crippen LogP contribution in [0.1, 0.15) is 25.7 Å². The number of halogens is 1. The number of fused-ring (bicyclic) bond motifs is 2. The standard InChI is InChI=1S/C14H24N2O2.ClH/c1-18-8-9-4-5-16(7-9)14(17)12-10-2-3-11(6-10)13(12)15;/h9-13H,2-8,15H2,1H3;1H. The molecule has 3 rings (SSSR count). The Balaban J connectivity index is 0.00000133. The SMILES string of the molecule is COCC1CCN(C(=O)C2C3CCC(C3)C2N)C1.Cl. The number of likely N-dealkylation sites (tertiary alicyclic amines) is 1. The molecule has 5 heteroatoms. The molecule has 0 aromatic heterocycles. The lowest BCUT2D eigenvalue weighted by atomic mass is 9.84. The maximum Gasteiger partial charge on any atom is 0.227 e. The second-order valence-corrected chi connectivity index (χ2v) is 6.33. The molecule has 5 unspecified atom stereocenters. The molecule has 3 aliphatic rings. The third-order valence-corrected chi connectivity index (χ3v) is 5.27. The third-order valence-electron chi connectivity index (χ3n) is 5.27. The summed E-state index contributed by atoms with van der Waals surface area (Å²) in [5, 5.41) is 0. The number of carbonyl (C=O) groups excluding carboxylic acids is 1. The maximum atomic E-state index is 12.6. The van der Waals surface area contributed by atoms with Crippen molar-refractivity contribution >= 4 is 18.3 Å². The zero-order valence-electron chi connectivity index (χ0n) is 11.6. The summed E-state index contributed by atoms with van der Waals surface area (Å²) in [6.45, 7) is 2.54. The van der Waals surface area contributed by atoms with Gasteiger partial charge in [0.05, 0.1) is 12.5 Å². The van der Waals surface area contributed by atoms with Crippen LogP contribution in [0.5, 0.6) is 0 Å². The zero-order valence-corrected chi connectivity index (χ0v) is 12.4. The molecule has 110 valence electrons. The van der Waals surface area contributed by atoms with Crippen LogP contribution < -0.4 is 5.73 Å². The molecule has 1 saturated heterocycles. The van der Waals surface area contributed by atoms with Crippen LogP contribution in [0.25, 0.3) is 0 Å². The molecule has 0 radical (unpaired) electrons. The van der Waals surface area contributed by atoms with E-state index in [1.807, 2.05) is 4.90 Å². The number of hydrogen-bond acceptors (Lipinski definition) is 3. The fraction of sp³-hybridized carbons (Fsp3) is 0.929. The zero-order chi connectivity index (χ0) is 12.7. The lowest BCUT2D eigenvalue weighted by Gasteiger charge is -2.30. The van der Waals surface area contributed by atoms with Gasteiger partial charge in [-0.1, -0.05) is 0 Å². The molecule has 1 heterocycles. The van der Waals surface area contributed by atoms with Crippen LogP contribution in [0.2, 0.25) is 0 Å². The van der Waals surface area contributed by atoms with E-state index >= 15 is 0 Å². The Morgan fingerprint density at radius 2 is 2.05 bits per heavy atom. The van der Waals surface area contributed by atoms with Gasteiger partial charge in [-0.05, 0) is 37.5 Å². The summed E-state index contributed by atoms with van der Waals surface area (Å²) in [4.78, 5) is 14.6. The van der Waals surface area contributed by atoms with Crippen LogP contribution in [-0.2, 0) is 9.53 Å². The van der Waals surface area contributed by atoms with E-state index < -0.39 is 0 Å². The van der Waals surface area contributed by atoms with Crippen molar-refractivity contribution in [1.29, 1.82) is 0 Å². The predicted octanol–water partition coefficient (Wildman–Crippen LogP) is 1.28. The van der Waals surface area contributed by atoms with Crippen molar-refractivity contribution in [2.24, 2.45) is 29.4 Å². The van der Waals surface area contributed by atoms with Gasteiger partial charge < -0.3 is 15.4 Å². The topological polar surface area (TPSA) is 55.6 Å². The van der Waals surface area contributed by atoms with E-state index in [0.717, 1.165) is 26.1 Å². The third kappa shape index (κ3) is 2.63. The van der Waals surface area contributed by atoms with Crippen LogP contribution in [0.4, 0.5) is 0 Å². The summed E-state index contributed by atoms with van der Waals surface area (Å²) in [6, 6.07) is 0.123. The second-order valence-electron chi connectivity index (χ2n) is 6.33. The highest BCUT2D eigenvalue weighted by atomic mass is 35.5. The summed E-state index contributed by atoms with van der Waals surface area (Å²) in [6.07, 6.45) is 4.72. The van der Waals surface area contributed by atoms with Crippen molar-refractivity contribution in [3.8, 4) is 0 Å². The molecular weight excluding hydrogens is 264 g/mol. The highest BCUT2D eigenvalue weighted by molar-refractivity contribution is 5.85. The molecule has 2 bridgehead atoms. The summed E-state index contributed by atoms with van der Waals surface area (Å²) in [5.41, 5.74) is 6.25. The minimum atomic E-state index is 0. The molecule has 3 fully saturated rings. The lowest BCUT2D eigenvalue weighted by Crippen LogP contribution is -2.46. The van der Waals surface area contributed by atoms with E-state index in [0.29, 0.717) is 23.7 Å². The number of nitrogens with two attached hydrogens (primary N) is 1. The number of carbonyl (C=O) groups is 1. The molecule has 0 spiro atoms. The smallest absolute Gasteiger partial charge is 0.227 e. The molecule has 4 nitrogen and oxygen atoms in total. The first-order valence-electron chi connectivity index (χ1n) is 7.24. The molecule has 2 saturated carbocycles. The summed E-state index contributed by atoms with van der Waals surface area (Å²) < 4.78 is 5.19. The van der Waals surface area contributed by atoms with Gasteiger partial charge in [-0.2, -0.15) is 0 Å². The van der Waals surface area contributed by atoms with Gasteiger partial charge in [-0.3, -0.25) is 4.79 Å².